The van der Waals surface area contributed by atoms with E-state index in [1.165, 1.54) is 6.07 Å². The molecule has 178 valence electrons. The smallest absolute Gasteiger partial charge is 0.328 e. The van der Waals surface area contributed by atoms with Crippen LogP contribution in [0.3, 0.4) is 0 Å². The number of hydrogen-bond acceptors (Lipinski definition) is 5. The third-order valence-electron chi connectivity index (χ3n) is 4.99. The second-order valence-corrected chi connectivity index (χ2v) is 11.3. The molecule has 0 atom stereocenters. The van der Waals surface area contributed by atoms with E-state index in [0.717, 1.165) is 22.0 Å². The van der Waals surface area contributed by atoms with Crippen LogP contribution in [0.15, 0.2) is 40.9 Å². The average Bonchev–Trinajstić information content (AvgIpc) is 3.34. The number of carbonyl (C=O) groups excluding carboxylic acids is 1. The number of thiophene rings is 1. The van der Waals surface area contributed by atoms with Crippen LogP contribution < -0.4 is 10.0 Å². The number of hydrogen-bond donors (Lipinski definition) is 2. The molecule has 0 bridgehead atoms. The molecular weight excluding hydrogens is 463 g/mol. The summed E-state index contributed by atoms with van der Waals surface area (Å²) in [6.07, 6.45) is 4.79. The Balaban J connectivity index is 1.97. The van der Waals surface area contributed by atoms with E-state index < -0.39 is 21.9 Å². The Morgan fingerprint density at radius 2 is 2.03 bits per heavy atom. The molecule has 1 aromatic carbocycles. The number of imidazole rings is 1. The number of aromatic nitrogens is 2. The standard InChI is InChI=1S/C23H29FN4O3S2/c1-5-8-26-23(29)27-33(30,31)22-20(13-19(32-22)11-15(2)3)17-6-7-18(21(24)12-17)14-28-10-9-25-16(28)4/h6-7,9-10,12-13,15H,5,8,11,14H2,1-4H3,(H2,26,27,29). The fourth-order valence-corrected chi connectivity index (χ4v) is 6.25. The number of urea groups is 1. The third-order valence-corrected chi connectivity index (χ3v) is 8.02. The van der Waals surface area contributed by atoms with E-state index >= 15 is 0 Å². The lowest BCUT2D eigenvalue weighted by Crippen LogP contribution is -2.39. The minimum atomic E-state index is -4.13. The molecular formula is C23H29FN4O3S2. The van der Waals surface area contributed by atoms with E-state index in [1.807, 2.05) is 32.3 Å². The predicted octanol–water partition coefficient (Wildman–Crippen LogP) is 4.70. The number of nitrogens with one attached hydrogen (secondary N) is 2. The lowest BCUT2D eigenvalue weighted by atomic mass is 10.0. The molecule has 0 aliphatic rings. The van der Waals surface area contributed by atoms with Gasteiger partial charge in [-0.05, 0) is 43.4 Å². The summed E-state index contributed by atoms with van der Waals surface area (Å²) in [7, 11) is -4.13. The Bertz CT molecular complexity index is 1230. The molecule has 2 heterocycles. The first-order valence-corrected chi connectivity index (χ1v) is 13.1. The minimum absolute atomic E-state index is 0.00222. The van der Waals surface area contributed by atoms with E-state index in [4.69, 9.17) is 0 Å². The van der Waals surface area contributed by atoms with Crippen molar-refractivity contribution in [1.29, 1.82) is 0 Å². The van der Waals surface area contributed by atoms with Crippen LogP contribution in [0.2, 0.25) is 0 Å². The van der Waals surface area contributed by atoms with E-state index in [-0.39, 0.29) is 4.21 Å². The molecule has 7 nitrogen and oxygen atoms in total. The van der Waals surface area contributed by atoms with Gasteiger partial charge in [-0.1, -0.05) is 32.9 Å². The Kier molecular flexibility index (Phi) is 7.91. The number of amides is 2. The van der Waals surface area contributed by atoms with Crippen molar-refractivity contribution in [3.63, 3.8) is 0 Å². The maximum Gasteiger partial charge on any atom is 0.328 e. The Morgan fingerprint density at radius 1 is 1.27 bits per heavy atom. The Labute approximate surface area is 198 Å². The van der Waals surface area contributed by atoms with Crippen molar-refractivity contribution >= 4 is 27.4 Å². The molecule has 0 fully saturated rings. The molecule has 33 heavy (non-hydrogen) atoms. The number of halogens is 1. The minimum Gasteiger partial charge on any atom is -0.337 e. The summed E-state index contributed by atoms with van der Waals surface area (Å²) < 4.78 is 45.0. The topological polar surface area (TPSA) is 93.1 Å². The summed E-state index contributed by atoms with van der Waals surface area (Å²) in [6.45, 7) is 8.48. The predicted molar refractivity (Wildman–Crippen MR) is 128 cm³/mol. The first-order chi connectivity index (χ1) is 15.6. The second kappa shape index (κ2) is 10.5. The normalized spacial score (nSPS) is 11.7. The molecule has 0 aliphatic carbocycles. The highest BCUT2D eigenvalue weighted by molar-refractivity contribution is 7.92. The Morgan fingerprint density at radius 3 is 2.64 bits per heavy atom. The van der Waals surface area contributed by atoms with Crippen LogP contribution in [0, 0.1) is 18.7 Å². The third kappa shape index (κ3) is 6.20. The molecule has 0 saturated carbocycles. The van der Waals surface area contributed by atoms with Crippen LogP contribution in [0.4, 0.5) is 9.18 Å². The quantitative estimate of drug-likeness (QED) is 0.453. The monoisotopic (exact) mass is 492 g/mol. The van der Waals surface area contributed by atoms with Gasteiger partial charge in [0.05, 0.1) is 6.54 Å². The fraction of sp³-hybridized carbons (Fsp3) is 0.391. The van der Waals surface area contributed by atoms with E-state index in [2.05, 4.69) is 15.0 Å². The lowest BCUT2D eigenvalue weighted by Gasteiger charge is -2.10. The summed E-state index contributed by atoms with van der Waals surface area (Å²) in [4.78, 5) is 17.0. The molecule has 2 N–H and O–H groups in total. The van der Waals surface area contributed by atoms with Crippen molar-refractivity contribution in [1.82, 2.24) is 19.6 Å². The van der Waals surface area contributed by atoms with E-state index in [1.54, 1.807) is 30.6 Å². The SMILES string of the molecule is CCCNC(=O)NS(=O)(=O)c1sc(CC(C)C)cc1-c1ccc(Cn2ccnc2C)c(F)c1. The summed E-state index contributed by atoms with van der Waals surface area (Å²) in [5, 5.41) is 2.51. The summed E-state index contributed by atoms with van der Waals surface area (Å²) >= 11 is 1.11. The van der Waals surface area contributed by atoms with Crippen LogP contribution in [0.1, 0.15) is 43.5 Å². The number of aryl methyl sites for hydroxylation is 1. The maximum absolute atomic E-state index is 15.0. The molecule has 3 aromatic rings. The highest BCUT2D eigenvalue weighted by atomic mass is 32.2. The van der Waals surface area contributed by atoms with Gasteiger partial charge >= 0.3 is 6.03 Å². The van der Waals surface area contributed by atoms with Gasteiger partial charge < -0.3 is 9.88 Å². The highest BCUT2D eigenvalue weighted by Crippen LogP contribution is 2.37. The molecule has 2 amide bonds. The zero-order valence-electron chi connectivity index (χ0n) is 19.2. The first kappa shape index (κ1) is 24.9. The lowest BCUT2D eigenvalue weighted by molar-refractivity contribution is 0.246. The van der Waals surface area contributed by atoms with Gasteiger partial charge in [-0.15, -0.1) is 11.3 Å². The number of nitrogens with zero attached hydrogens (tertiary/aromatic N) is 2. The van der Waals surface area contributed by atoms with Crippen molar-refractivity contribution in [2.75, 3.05) is 6.54 Å². The van der Waals surface area contributed by atoms with Crippen LogP contribution >= 0.6 is 11.3 Å². The number of sulfonamides is 1. The van der Waals surface area contributed by atoms with Crippen molar-refractivity contribution < 1.29 is 17.6 Å². The number of benzene rings is 1. The molecule has 0 spiro atoms. The van der Waals surface area contributed by atoms with Gasteiger partial charge in [-0.2, -0.15) is 0 Å². The van der Waals surface area contributed by atoms with Gasteiger partial charge in [0.1, 0.15) is 15.9 Å². The van der Waals surface area contributed by atoms with Crippen LogP contribution in [-0.2, 0) is 23.0 Å². The molecule has 2 aromatic heterocycles. The zero-order valence-corrected chi connectivity index (χ0v) is 20.8. The van der Waals surface area contributed by atoms with Gasteiger partial charge in [0.25, 0.3) is 10.0 Å². The summed E-state index contributed by atoms with van der Waals surface area (Å²) in [5.41, 5.74) is 1.30. The van der Waals surface area contributed by atoms with Crippen molar-refractivity contribution in [3.05, 3.63) is 58.7 Å². The van der Waals surface area contributed by atoms with Crippen molar-refractivity contribution in [2.45, 2.75) is 51.3 Å². The second-order valence-electron chi connectivity index (χ2n) is 8.28. The van der Waals surface area contributed by atoms with E-state index in [9.17, 15) is 17.6 Å². The van der Waals surface area contributed by atoms with Gasteiger partial charge in [-0.25, -0.2) is 27.3 Å². The Hall–Kier alpha value is -2.72. The summed E-state index contributed by atoms with van der Waals surface area (Å²) in [5.74, 6) is 0.648. The number of rotatable bonds is 9. The maximum atomic E-state index is 15.0. The van der Waals surface area contributed by atoms with Crippen LogP contribution in [0.5, 0.6) is 0 Å². The van der Waals surface area contributed by atoms with Crippen LogP contribution in [-0.4, -0.2) is 30.5 Å². The van der Waals surface area contributed by atoms with Gasteiger partial charge in [-0.3, -0.25) is 0 Å². The van der Waals surface area contributed by atoms with Crippen LogP contribution in [0.25, 0.3) is 11.1 Å². The van der Waals surface area contributed by atoms with Crippen molar-refractivity contribution in [3.8, 4) is 11.1 Å². The van der Waals surface area contributed by atoms with Crippen molar-refractivity contribution in [2.24, 2.45) is 5.92 Å². The fourth-order valence-electron chi connectivity index (χ4n) is 3.37. The molecule has 0 radical (unpaired) electrons. The zero-order chi connectivity index (χ0) is 24.2. The molecule has 3 rings (SSSR count). The first-order valence-electron chi connectivity index (χ1n) is 10.8. The van der Waals surface area contributed by atoms with Gasteiger partial charge in [0, 0.05) is 34.9 Å². The molecule has 0 unspecified atom stereocenters. The molecule has 0 saturated heterocycles. The number of carbonyl (C=O) groups is 1. The largest absolute Gasteiger partial charge is 0.337 e. The highest BCUT2D eigenvalue weighted by Gasteiger charge is 2.26. The molecule has 0 aliphatic heterocycles. The van der Waals surface area contributed by atoms with E-state index in [0.29, 0.717) is 48.5 Å². The summed E-state index contributed by atoms with van der Waals surface area (Å²) in [6, 6.07) is 5.71. The van der Waals surface area contributed by atoms with Gasteiger partial charge in [0.15, 0.2) is 0 Å². The van der Waals surface area contributed by atoms with Gasteiger partial charge in [0.2, 0.25) is 0 Å². The average molecular weight is 493 g/mol. The molecule has 10 heteroatoms.